The SMILES string of the molecule is FCCCSNCc1ncc2c(n1)C(C1(c3ccc(Cl)cc3)CCC1)NCC2. The molecule has 0 radical (unpaired) electrons. The maximum atomic E-state index is 12.2. The zero-order valence-electron chi connectivity index (χ0n) is 15.9. The van der Waals surface area contributed by atoms with E-state index in [1.54, 1.807) is 0 Å². The molecule has 4 nitrogen and oxygen atoms in total. The van der Waals surface area contributed by atoms with Gasteiger partial charge in [-0.05, 0) is 55.5 Å². The number of nitrogens with zero attached hydrogens (tertiary/aromatic N) is 2. The highest BCUT2D eigenvalue weighted by Crippen LogP contribution is 2.53. The van der Waals surface area contributed by atoms with Crippen LogP contribution < -0.4 is 10.0 Å². The lowest BCUT2D eigenvalue weighted by atomic mass is 9.58. The lowest BCUT2D eigenvalue weighted by Gasteiger charge is -2.50. The molecule has 1 aliphatic carbocycles. The normalized spacial score (nSPS) is 20.4. The Morgan fingerprint density at radius 1 is 1.29 bits per heavy atom. The molecule has 1 aromatic heterocycles. The predicted octanol–water partition coefficient (Wildman–Crippen LogP) is 4.54. The maximum absolute atomic E-state index is 12.2. The van der Waals surface area contributed by atoms with Crippen LogP contribution >= 0.6 is 23.5 Å². The fourth-order valence-corrected chi connectivity index (χ4v) is 5.04. The van der Waals surface area contributed by atoms with Crippen molar-refractivity contribution in [1.82, 2.24) is 20.0 Å². The monoisotopic (exact) mass is 420 g/mol. The molecule has 150 valence electrons. The molecular weight excluding hydrogens is 395 g/mol. The van der Waals surface area contributed by atoms with Crippen molar-refractivity contribution in [3.05, 3.63) is 58.1 Å². The van der Waals surface area contributed by atoms with Gasteiger partial charge in [-0.2, -0.15) is 0 Å². The van der Waals surface area contributed by atoms with Crippen LogP contribution in [0.2, 0.25) is 5.02 Å². The molecule has 1 aliphatic heterocycles. The van der Waals surface area contributed by atoms with Crippen molar-refractivity contribution in [2.24, 2.45) is 0 Å². The Hall–Kier alpha value is -1.21. The molecule has 2 aliphatic rings. The van der Waals surface area contributed by atoms with Crippen LogP contribution in [0.1, 0.15) is 54.4 Å². The molecule has 4 rings (SSSR count). The first kappa shape index (κ1) is 20.1. The summed E-state index contributed by atoms with van der Waals surface area (Å²) in [5.74, 6) is 1.55. The van der Waals surface area contributed by atoms with Gasteiger partial charge in [-0.25, -0.2) is 9.97 Å². The van der Waals surface area contributed by atoms with Crippen molar-refractivity contribution in [2.75, 3.05) is 19.0 Å². The average molecular weight is 421 g/mol. The highest BCUT2D eigenvalue weighted by atomic mass is 35.5. The van der Waals surface area contributed by atoms with Crippen LogP contribution in [0.4, 0.5) is 4.39 Å². The summed E-state index contributed by atoms with van der Waals surface area (Å²) in [6.07, 6.45) is 7.07. The molecule has 28 heavy (non-hydrogen) atoms. The van der Waals surface area contributed by atoms with Crippen molar-refractivity contribution in [2.45, 2.75) is 50.1 Å². The zero-order chi connectivity index (χ0) is 19.4. The van der Waals surface area contributed by atoms with Crippen LogP contribution in [0, 0.1) is 0 Å². The van der Waals surface area contributed by atoms with Gasteiger partial charge in [0.1, 0.15) is 5.82 Å². The molecule has 1 saturated carbocycles. The van der Waals surface area contributed by atoms with Crippen LogP contribution in [0.25, 0.3) is 0 Å². The minimum Gasteiger partial charge on any atom is -0.308 e. The molecule has 0 amide bonds. The van der Waals surface area contributed by atoms with Gasteiger partial charge in [0.2, 0.25) is 0 Å². The van der Waals surface area contributed by atoms with Crippen LogP contribution in [-0.2, 0) is 18.4 Å². The molecule has 0 spiro atoms. The van der Waals surface area contributed by atoms with Gasteiger partial charge in [0.25, 0.3) is 0 Å². The standard InChI is InChI=1S/C21H26ClFN4S/c22-17-5-3-16(4-6-17)21(8-1-9-21)20-19-15(7-11-24-20)13-25-18(27-19)14-26-28-12-2-10-23/h3-6,13,20,24,26H,1-2,7-12,14H2. The van der Waals surface area contributed by atoms with Crippen LogP contribution in [-0.4, -0.2) is 28.9 Å². The molecule has 1 unspecified atom stereocenters. The Bertz CT molecular complexity index is 797. The number of alkyl halides is 1. The largest absolute Gasteiger partial charge is 0.308 e. The predicted molar refractivity (Wildman–Crippen MR) is 113 cm³/mol. The molecule has 1 aromatic carbocycles. The molecule has 2 aromatic rings. The minimum absolute atomic E-state index is 0.0781. The highest BCUT2D eigenvalue weighted by molar-refractivity contribution is 7.97. The second kappa shape index (κ2) is 9.08. The molecule has 1 fully saturated rings. The quantitative estimate of drug-likeness (QED) is 0.485. The molecule has 2 heterocycles. The summed E-state index contributed by atoms with van der Waals surface area (Å²) in [4.78, 5) is 9.50. The van der Waals surface area contributed by atoms with E-state index in [-0.39, 0.29) is 18.1 Å². The second-order valence-corrected chi connectivity index (χ2v) is 8.98. The number of halogens is 2. The summed E-state index contributed by atoms with van der Waals surface area (Å²) >= 11 is 7.66. The lowest BCUT2D eigenvalue weighted by molar-refractivity contribution is 0.161. The highest BCUT2D eigenvalue weighted by Gasteiger charge is 2.48. The van der Waals surface area contributed by atoms with E-state index in [0.717, 1.165) is 48.1 Å². The zero-order valence-corrected chi connectivity index (χ0v) is 17.5. The summed E-state index contributed by atoms with van der Waals surface area (Å²) < 4.78 is 15.5. The lowest BCUT2D eigenvalue weighted by Crippen LogP contribution is -2.49. The Kier molecular flexibility index (Phi) is 6.51. The minimum atomic E-state index is -0.274. The van der Waals surface area contributed by atoms with Crippen LogP contribution in [0.5, 0.6) is 0 Å². The van der Waals surface area contributed by atoms with Crippen molar-refractivity contribution in [1.29, 1.82) is 0 Å². The number of aromatic nitrogens is 2. The van der Waals surface area contributed by atoms with Gasteiger partial charge in [0, 0.05) is 22.4 Å². The Balaban J connectivity index is 1.56. The van der Waals surface area contributed by atoms with Crippen molar-refractivity contribution >= 4 is 23.5 Å². The number of fused-ring (bicyclic) bond motifs is 1. The molecule has 7 heteroatoms. The average Bonchev–Trinajstić information content (AvgIpc) is 2.68. The fraction of sp³-hybridized carbons (Fsp3) is 0.524. The van der Waals surface area contributed by atoms with Crippen LogP contribution in [0.3, 0.4) is 0 Å². The van der Waals surface area contributed by atoms with Gasteiger partial charge >= 0.3 is 0 Å². The second-order valence-electron chi connectivity index (χ2n) is 7.56. The maximum Gasteiger partial charge on any atom is 0.143 e. The first-order valence-corrected chi connectivity index (χ1v) is 11.3. The number of benzene rings is 1. The van der Waals surface area contributed by atoms with E-state index < -0.39 is 0 Å². The van der Waals surface area contributed by atoms with Gasteiger partial charge < -0.3 is 5.32 Å². The van der Waals surface area contributed by atoms with Gasteiger partial charge in [0.15, 0.2) is 0 Å². The summed E-state index contributed by atoms with van der Waals surface area (Å²) in [6.45, 7) is 1.27. The van der Waals surface area contributed by atoms with E-state index in [2.05, 4.69) is 27.2 Å². The number of nitrogens with one attached hydrogen (secondary N) is 2. The Morgan fingerprint density at radius 3 is 2.82 bits per heavy atom. The van der Waals surface area contributed by atoms with Gasteiger partial charge in [-0.1, -0.05) is 42.1 Å². The van der Waals surface area contributed by atoms with E-state index >= 15 is 0 Å². The van der Waals surface area contributed by atoms with Gasteiger partial charge in [0.05, 0.1) is 25.0 Å². The third-order valence-corrected chi connectivity index (χ3v) is 6.99. The van der Waals surface area contributed by atoms with Gasteiger partial charge in [-0.3, -0.25) is 9.11 Å². The van der Waals surface area contributed by atoms with Crippen molar-refractivity contribution in [3.63, 3.8) is 0 Å². The summed E-state index contributed by atoms with van der Waals surface area (Å²) in [5, 5.41) is 4.53. The molecule has 1 atom stereocenters. The molecular formula is C21H26ClFN4S. The Morgan fingerprint density at radius 2 is 2.11 bits per heavy atom. The van der Waals surface area contributed by atoms with E-state index in [1.807, 2.05) is 18.3 Å². The van der Waals surface area contributed by atoms with Gasteiger partial charge in [-0.15, -0.1) is 0 Å². The third kappa shape index (κ3) is 4.06. The first-order valence-electron chi connectivity index (χ1n) is 9.98. The van der Waals surface area contributed by atoms with E-state index in [4.69, 9.17) is 16.6 Å². The molecule has 2 N–H and O–H groups in total. The summed E-state index contributed by atoms with van der Waals surface area (Å²) in [6, 6.07) is 8.52. The smallest absolute Gasteiger partial charge is 0.143 e. The van der Waals surface area contributed by atoms with E-state index in [1.165, 1.54) is 29.5 Å². The Labute approximate surface area is 175 Å². The molecule has 0 bridgehead atoms. The topological polar surface area (TPSA) is 49.8 Å². The first-order chi connectivity index (χ1) is 13.7. The van der Waals surface area contributed by atoms with Crippen LogP contribution in [0.15, 0.2) is 30.5 Å². The summed E-state index contributed by atoms with van der Waals surface area (Å²) in [7, 11) is 0. The van der Waals surface area contributed by atoms with Crippen molar-refractivity contribution < 1.29 is 4.39 Å². The van der Waals surface area contributed by atoms with E-state index in [9.17, 15) is 4.39 Å². The van der Waals surface area contributed by atoms with E-state index in [0.29, 0.717) is 13.0 Å². The summed E-state index contributed by atoms with van der Waals surface area (Å²) in [5.41, 5.74) is 3.81. The third-order valence-electron chi connectivity index (χ3n) is 5.89. The fourth-order valence-electron chi connectivity index (χ4n) is 4.29. The number of rotatable bonds is 8. The number of hydrogen-bond acceptors (Lipinski definition) is 5. The molecule has 0 saturated heterocycles. The number of hydrogen-bond donors (Lipinski definition) is 2. The van der Waals surface area contributed by atoms with Crippen molar-refractivity contribution in [3.8, 4) is 0 Å².